The molecule has 1 aliphatic heterocycles. The Labute approximate surface area is 182 Å². The number of hydrogen-bond acceptors (Lipinski definition) is 3. The van der Waals surface area contributed by atoms with Crippen molar-refractivity contribution in [3.8, 4) is 11.1 Å². The zero-order valence-corrected chi connectivity index (χ0v) is 17.7. The number of rotatable bonds is 4. The third-order valence-corrected chi connectivity index (χ3v) is 6.11. The van der Waals surface area contributed by atoms with Crippen molar-refractivity contribution in [1.82, 2.24) is 14.5 Å². The second-order valence-electron chi connectivity index (χ2n) is 8.13. The number of carbonyl (C=O) groups is 1. The van der Waals surface area contributed by atoms with Crippen molar-refractivity contribution in [2.45, 2.75) is 19.5 Å². The first-order valence-electron chi connectivity index (χ1n) is 10.8. The van der Waals surface area contributed by atoms with Crippen LogP contribution >= 0.6 is 0 Å². The van der Waals surface area contributed by atoms with Gasteiger partial charge in [0.15, 0.2) is 0 Å². The second-order valence-corrected chi connectivity index (χ2v) is 8.13. The van der Waals surface area contributed by atoms with Crippen LogP contribution < -0.4 is 4.90 Å². The summed E-state index contributed by atoms with van der Waals surface area (Å²) in [4.78, 5) is 22.0. The highest BCUT2D eigenvalue weighted by Crippen LogP contribution is 2.32. The number of carbonyl (C=O) groups excluding carboxylic acids is 1. The van der Waals surface area contributed by atoms with Crippen LogP contribution in [0.1, 0.15) is 6.92 Å². The van der Waals surface area contributed by atoms with E-state index in [9.17, 15) is 4.79 Å². The highest BCUT2D eigenvalue weighted by atomic mass is 16.2. The molecule has 1 atom stereocenters. The summed E-state index contributed by atoms with van der Waals surface area (Å²) in [5, 5.41) is 1.06. The van der Waals surface area contributed by atoms with E-state index in [1.54, 1.807) is 6.20 Å². The topological polar surface area (TPSA) is 41.4 Å². The maximum Gasteiger partial charge on any atom is 0.242 e. The molecule has 5 nitrogen and oxygen atoms in total. The van der Waals surface area contributed by atoms with E-state index in [2.05, 4.69) is 65.3 Å². The number of fused-ring (bicyclic) bond motifs is 1. The van der Waals surface area contributed by atoms with Crippen LogP contribution in [-0.2, 0) is 11.3 Å². The van der Waals surface area contributed by atoms with Gasteiger partial charge in [-0.2, -0.15) is 0 Å². The largest absolute Gasteiger partial charge is 0.367 e. The molecule has 5 heteroatoms. The Bertz CT molecular complexity index is 1200. The molecule has 5 rings (SSSR count). The average Bonchev–Trinajstić information content (AvgIpc) is 3.22. The van der Waals surface area contributed by atoms with E-state index in [1.807, 2.05) is 39.9 Å². The summed E-state index contributed by atoms with van der Waals surface area (Å²) in [6, 6.07) is 25.1. The molecule has 4 aromatic rings. The standard InChI is InChI=1S/C26H26N4O/c1-20-18-28(24-12-6-5-11-23(24)21-8-3-2-4-9-21)16-17-30(20)25(31)19-29-15-13-22-10-7-14-27-26(22)29/h2-15,20H,16-19H2,1H3/t20-/m0/s1. The Kier molecular flexibility index (Phi) is 5.16. The van der Waals surface area contributed by atoms with Gasteiger partial charge < -0.3 is 14.4 Å². The minimum atomic E-state index is 0.139. The first kappa shape index (κ1) is 19.4. The first-order valence-corrected chi connectivity index (χ1v) is 10.8. The number of amides is 1. The lowest BCUT2D eigenvalue weighted by molar-refractivity contribution is -0.134. The van der Waals surface area contributed by atoms with Gasteiger partial charge in [0.25, 0.3) is 0 Å². The fourth-order valence-corrected chi connectivity index (χ4v) is 4.54. The Morgan fingerprint density at radius 3 is 2.61 bits per heavy atom. The quantitative estimate of drug-likeness (QED) is 0.499. The van der Waals surface area contributed by atoms with Crippen LogP contribution in [0.5, 0.6) is 0 Å². The molecule has 2 aromatic heterocycles. The lowest BCUT2D eigenvalue weighted by Crippen LogP contribution is -2.54. The third-order valence-electron chi connectivity index (χ3n) is 6.11. The number of hydrogen-bond donors (Lipinski definition) is 0. The van der Waals surface area contributed by atoms with Crippen LogP contribution in [0.15, 0.2) is 85.2 Å². The molecule has 1 fully saturated rings. The second kappa shape index (κ2) is 8.26. The normalized spacial score (nSPS) is 16.6. The zero-order valence-electron chi connectivity index (χ0n) is 17.7. The average molecular weight is 411 g/mol. The monoisotopic (exact) mass is 410 g/mol. The SMILES string of the molecule is C[C@H]1CN(c2ccccc2-c2ccccc2)CCN1C(=O)Cn1ccc2cccnc21. The van der Waals surface area contributed by atoms with E-state index in [4.69, 9.17) is 0 Å². The molecule has 1 amide bonds. The summed E-state index contributed by atoms with van der Waals surface area (Å²) in [5.74, 6) is 0.145. The molecule has 0 bridgehead atoms. The fourth-order valence-electron chi connectivity index (χ4n) is 4.54. The van der Waals surface area contributed by atoms with E-state index in [1.165, 1.54) is 16.8 Å². The molecule has 1 saturated heterocycles. The van der Waals surface area contributed by atoms with Gasteiger partial charge >= 0.3 is 0 Å². The molecular weight excluding hydrogens is 384 g/mol. The van der Waals surface area contributed by atoms with Crippen molar-refractivity contribution < 1.29 is 4.79 Å². The van der Waals surface area contributed by atoms with Crippen molar-refractivity contribution in [3.63, 3.8) is 0 Å². The van der Waals surface area contributed by atoms with Crippen LogP contribution in [0.3, 0.4) is 0 Å². The number of benzene rings is 2. The molecule has 156 valence electrons. The predicted molar refractivity (Wildman–Crippen MR) is 125 cm³/mol. The Balaban J connectivity index is 1.32. The van der Waals surface area contributed by atoms with E-state index < -0.39 is 0 Å². The molecule has 0 unspecified atom stereocenters. The molecule has 0 spiro atoms. The molecular formula is C26H26N4O. The molecule has 31 heavy (non-hydrogen) atoms. The van der Waals surface area contributed by atoms with Crippen LogP contribution in [0.4, 0.5) is 5.69 Å². The summed E-state index contributed by atoms with van der Waals surface area (Å²) < 4.78 is 1.95. The molecule has 0 saturated carbocycles. The predicted octanol–water partition coefficient (Wildman–Crippen LogP) is 4.44. The lowest BCUT2D eigenvalue weighted by Gasteiger charge is -2.41. The van der Waals surface area contributed by atoms with Crippen molar-refractivity contribution >= 4 is 22.6 Å². The minimum Gasteiger partial charge on any atom is -0.367 e. The molecule has 1 aliphatic rings. The van der Waals surface area contributed by atoms with E-state index in [0.717, 1.165) is 30.7 Å². The number of para-hydroxylation sites is 1. The summed E-state index contributed by atoms with van der Waals surface area (Å²) in [7, 11) is 0. The fraction of sp³-hybridized carbons (Fsp3) is 0.231. The Morgan fingerprint density at radius 1 is 0.968 bits per heavy atom. The minimum absolute atomic E-state index is 0.139. The number of pyridine rings is 1. The third kappa shape index (κ3) is 3.79. The number of nitrogens with zero attached hydrogens (tertiary/aromatic N) is 4. The summed E-state index contributed by atoms with van der Waals surface area (Å²) in [6.45, 7) is 4.83. The highest BCUT2D eigenvalue weighted by molar-refractivity contribution is 5.82. The molecule has 3 heterocycles. The van der Waals surface area contributed by atoms with Crippen molar-refractivity contribution in [3.05, 3.63) is 85.2 Å². The molecule has 2 aromatic carbocycles. The van der Waals surface area contributed by atoms with Gasteiger partial charge in [0.05, 0.1) is 0 Å². The maximum atomic E-state index is 13.1. The lowest BCUT2D eigenvalue weighted by atomic mass is 10.0. The van der Waals surface area contributed by atoms with Crippen LogP contribution in [-0.4, -0.2) is 46.0 Å². The van der Waals surface area contributed by atoms with E-state index in [0.29, 0.717) is 6.54 Å². The van der Waals surface area contributed by atoms with Gasteiger partial charge in [-0.25, -0.2) is 4.98 Å². The summed E-state index contributed by atoms with van der Waals surface area (Å²) >= 11 is 0. The van der Waals surface area contributed by atoms with Gasteiger partial charge in [0.2, 0.25) is 5.91 Å². The van der Waals surface area contributed by atoms with Crippen LogP contribution in [0, 0.1) is 0 Å². The maximum absolute atomic E-state index is 13.1. The number of aromatic nitrogens is 2. The highest BCUT2D eigenvalue weighted by Gasteiger charge is 2.28. The smallest absolute Gasteiger partial charge is 0.242 e. The molecule has 0 N–H and O–H groups in total. The van der Waals surface area contributed by atoms with Gasteiger partial charge in [0, 0.05) is 54.7 Å². The Hall–Kier alpha value is -3.60. The van der Waals surface area contributed by atoms with Crippen LogP contribution in [0.25, 0.3) is 22.2 Å². The van der Waals surface area contributed by atoms with Gasteiger partial charge in [-0.05, 0) is 36.8 Å². The molecule has 0 aliphatic carbocycles. The molecule has 0 radical (unpaired) electrons. The van der Waals surface area contributed by atoms with Crippen molar-refractivity contribution in [2.24, 2.45) is 0 Å². The van der Waals surface area contributed by atoms with E-state index >= 15 is 0 Å². The number of piperazine rings is 1. The van der Waals surface area contributed by atoms with Gasteiger partial charge in [-0.15, -0.1) is 0 Å². The summed E-state index contributed by atoms with van der Waals surface area (Å²) in [5.41, 5.74) is 4.54. The van der Waals surface area contributed by atoms with E-state index in [-0.39, 0.29) is 11.9 Å². The van der Waals surface area contributed by atoms with Crippen LogP contribution in [0.2, 0.25) is 0 Å². The van der Waals surface area contributed by atoms with Gasteiger partial charge in [0.1, 0.15) is 12.2 Å². The first-order chi connectivity index (χ1) is 15.2. The van der Waals surface area contributed by atoms with Crippen molar-refractivity contribution in [1.29, 1.82) is 0 Å². The van der Waals surface area contributed by atoms with Gasteiger partial charge in [-0.3, -0.25) is 4.79 Å². The van der Waals surface area contributed by atoms with Crippen molar-refractivity contribution in [2.75, 3.05) is 24.5 Å². The summed E-state index contributed by atoms with van der Waals surface area (Å²) in [6.07, 6.45) is 3.72. The van der Waals surface area contributed by atoms with Gasteiger partial charge in [-0.1, -0.05) is 48.5 Å². The zero-order chi connectivity index (χ0) is 21.2. The Morgan fingerprint density at radius 2 is 1.77 bits per heavy atom. The number of anilines is 1.